The smallest absolute Gasteiger partial charge is 0.256 e. The lowest BCUT2D eigenvalue weighted by atomic mass is 10.3. The summed E-state index contributed by atoms with van der Waals surface area (Å²) in [7, 11) is -3.28. The SMILES string of the molecule is Cc1ncn(CC(=O)Nc2ccc(S(C)(=O)=O)cc2)c(=O)c1C. The predicted octanol–water partition coefficient (Wildman–Crippen LogP) is 0.902. The number of carbonyl (C=O) groups is 1. The zero-order valence-electron chi connectivity index (χ0n) is 13.0. The van der Waals surface area contributed by atoms with Gasteiger partial charge in [-0.2, -0.15) is 0 Å². The summed E-state index contributed by atoms with van der Waals surface area (Å²) in [6, 6.07) is 5.81. The molecule has 0 aliphatic carbocycles. The average Bonchev–Trinajstić information content (AvgIpc) is 2.47. The highest BCUT2D eigenvalue weighted by Crippen LogP contribution is 2.13. The minimum Gasteiger partial charge on any atom is -0.325 e. The fraction of sp³-hybridized carbons (Fsp3) is 0.267. The Hall–Kier alpha value is -2.48. The number of sulfone groups is 1. The third kappa shape index (κ3) is 4.04. The van der Waals surface area contributed by atoms with Crippen molar-refractivity contribution >= 4 is 21.4 Å². The molecular weight excluding hydrogens is 318 g/mol. The highest BCUT2D eigenvalue weighted by Gasteiger charge is 2.10. The van der Waals surface area contributed by atoms with Gasteiger partial charge in [-0.3, -0.25) is 14.2 Å². The molecule has 1 aromatic heterocycles. The maximum atomic E-state index is 12.0. The van der Waals surface area contributed by atoms with Crippen molar-refractivity contribution in [2.24, 2.45) is 0 Å². The van der Waals surface area contributed by atoms with Crippen molar-refractivity contribution in [2.45, 2.75) is 25.3 Å². The first-order valence-corrected chi connectivity index (χ1v) is 8.70. The molecule has 0 atom stereocenters. The van der Waals surface area contributed by atoms with Crippen LogP contribution in [0.3, 0.4) is 0 Å². The van der Waals surface area contributed by atoms with Crippen LogP contribution in [0.5, 0.6) is 0 Å². The van der Waals surface area contributed by atoms with Crippen LogP contribution in [0, 0.1) is 13.8 Å². The van der Waals surface area contributed by atoms with E-state index in [0.717, 1.165) is 6.26 Å². The van der Waals surface area contributed by atoms with Crippen molar-refractivity contribution in [3.05, 3.63) is 52.2 Å². The Morgan fingerprint density at radius 3 is 2.39 bits per heavy atom. The largest absolute Gasteiger partial charge is 0.325 e. The number of carbonyl (C=O) groups excluding carboxylic acids is 1. The first kappa shape index (κ1) is 16.9. The number of nitrogens with one attached hydrogen (secondary N) is 1. The van der Waals surface area contributed by atoms with Gasteiger partial charge in [0.1, 0.15) is 6.54 Å². The van der Waals surface area contributed by atoms with Crippen molar-refractivity contribution < 1.29 is 13.2 Å². The van der Waals surface area contributed by atoms with E-state index in [1.807, 2.05) is 0 Å². The van der Waals surface area contributed by atoms with E-state index in [4.69, 9.17) is 0 Å². The second kappa shape index (κ2) is 6.33. The Morgan fingerprint density at radius 1 is 1.22 bits per heavy atom. The monoisotopic (exact) mass is 335 g/mol. The van der Waals surface area contributed by atoms with Crippen molar-refractivity contribution in [1.29, 1.82) is 0 Å². The molecule has 0 bridgehead atoms. The second-order valence-electron chi connectivity index (χ2n) is 5.23. The van der Waals surface area contributed by atoms with Crippen LogP contribution in [0.4, 0.5) is 5.69 Å². The van der Waals surface area contributed by atoms with Gasteiger partial charge in [0.2, 0.25) is 5.91 Å². The highest BCUT2D eigenvalue weighted by atomic mass is 32.2. The van der Waals surface area contributed by atoms with Crippen LogP contribution in [0.2, 0.25) is 0 Å². The molecule has 1 heterocycles. The molecule has 1 N–H and O–H groups in total. The number of hydrogen-bond acceptors (Lipinski definition) is 5. The second-order valence-corrected chi connectivity index (χ2v) is 7.25. The molecule has 0 fully saturated rings. The minimum atomic E-state index is -3.28. The molecule has 0 aliphatic heterocycles. The van der Waals surface area contributed by atoms with Crippen LogP contribution in [-0.2, 0) is 21.2 Å². The van der Waals surface area contributed by atoms with Gasteiger partial charge in [-0.05, 0) is 38.1 Å². The molecule has 8 heteroatoms. The standard InChI is InChI=1S/C15H17N3O4S/c1-10-11(2)16-9-18(15(10)20)8-14(19)17-12-4-6-13(7-5-12)23(3,21)22/h4-7,9H,8H2,1-3H3,(H,17,19). The molecule has 1 aromatic carbocycles. The van der Waals surface area contributed by atoms with E-state index >= 15 is 0 Å². The summed E-state index contributed by atoms with van der Waals surface area (Å²) in [5.41, 5.74) is 1.31. The summed E-state index contributed by atoms with van der Waals surface area (Å²) in [5.74, 6) is -0.399. The molecule has 0 spiro atoms. The number of nitrogens with zero attached hydrogens (tertiary/aromatic N) is 2. The molecule has 7 nitrogen and oxygen atoms in total. The molecule has 23 heavy (non-hydrogen) atoms. The van der Waals surface area contributed by atoms with Gasteiger partial charge < -0.3 is 5.32 Å². The number of aromatic nitrogens is 2. The Morgan fingerprint density at radius 2 is 1.83 bits per heavy atom. The molecule has 122 valence electrons. The van der Waals surface area contributed by atoms with E-state index in [1.54, 1.807) is 13.8 Å². The quantitative estimate of drug-likeness (QED) is 0.895. The lowest BCUT2D eigenvalue weighted by Crippen LogP contribution is -2.29. The fourth-order valence-corrected chi connectivity index (χ4v) is 2.56. The average molecular weight is 335 g/mol. The van der Waals surface area contributed by atoms with Crippen LogP contribution < -0.4 is 10.9 Å². The van der Waals surface area contributed by atoms with E-state index < -0.39 is 15.7 Å². The van der Waals surface area contributed by atoms with Crippen LogP contribution in [-0.4, -0.2) is 30.1 Å². The molecule has 0 radical (unpaired) electrons. The lowest BCUT2D eigenvalue weighted by Gasteiger charge is -2.09. The summed E-state index contributed by atoms with van der Waals surface area (Å²) in [5, 5.41) is 2.61. The molecule has 0 unspecified atom stereocenters. The third-order valence-corrected chi connectivity index (χ3v) is 4.52. The maximum absolute atomic E-state index is 12.0. The molecular formula is C15H17N3O4S. The summed E-state index contributed by atoms with van der Waals surface area (Å²) >= 11 is 0. The van der Waals surface area contributed by atoms with E-state index in [1.165, 1.54) is 35.2 Å². The molecule has 0 saturated heterocycles. The molecule has 0 aliphatic rings. The Kier molecular flexibility index (Phi) is 4.65. The van der Waals surface area contributed by atoms with Gasteiger partial charge in [-0.25, -0.2) is 13.4 Å². The summed E-state index contributed by atoms with van der Waals surface area (Å²) in [6.45, 7) is 3.22. The van der Waals surface area contributed by atoms with Gasteiger partial charge in [-0.1, -0.05) is 0 Å². The Labute approximate surface area is 133 Å². The summed E-state index contributed by atoms with van der Waals surface area (Å²) in [4.78, 5) is 28.2. The predicted molar refractivity (Wildman–Crippen MR) is 86.2 cm³/mol. The molecule has 2 aromatic rings. The maximum Gasteiger partial charge on any atom is 0.256 e. The number of anilines is 1. The van der Waals surface area contributed by atoms with Gasteiger partial charge >= 0.3 is 0 Å². The van der Waals surface area contributed by atoms with E-state index in [-0.39, 0.29) is 17.0 Å². The zero-order chi connectivity index (χ0) is 17.2. The fourth-order valence-electron chi connectivity index (χ4n) is 1.93. The van der Waals surface area contributed by atoms with Gasteiger partial charge in [-0.15, -0.1) is 0 Å². The van der Waals surface area contributed by atoms with Gasteiger partial charge in [0.25, 0.3) is 5.56 Å². The molecule has 1 amide bonds. The lowest BCUT2D eigenvalue weighted by molar-refractivity contribution is -0.116. The first-order chi connectivity index (χ1) is 10.7. The van der Waals surface area contributed by atoms with Gasteiger partial charge in [0, 0.05) is 23.2 Å². The normalized spacial score (nSPS) is 11.3. The van der Waals surface area contributed by atoms with Crippen LogP contribution in [0.1, 0.15) is 11.3 Å². The van der Waals surface area contributed by atoms with Crippen molar-refractivity contribution in [3.63, 3.8) is 0 Å². The number of aryl methyl sites for hydroxylation is 1. The molecule has 2 rings (SSSR count). The summed E-state index contributed by atoms with van der Waals surface area (Å²) < 4.78 is 24.0. The topological polar surface area (TPSA) is 98.1 Å². The Balaban J connectivity index is 2.11. The van der Waals surface area contributed by atoms with E-state index in [9.17, 15) is 18.0 Å². The summed E-state index contributed by atoms with van der Waals surface area (Å²) in [6.07, 6.45) is 2.44. The molecule has 0 saturated carbocycles. The highest BCUT2D eigenvalue weighted by molar-refractivity contribution is 7.90. The third-order valence-electron chi connectivity index (χ3n) is 3.40. The first-order valence-electron chi connectivity index (χ1n) is 6.81. The number of rotatable bonds is 4. The van der Waals surface area contributed by atoms with E-state index in [2.05, 4.69) is 10.3 Å². The van der Waals surface area contributed by atoms with Crippen LogP contribution in [0.15, 0.2) is 40.3 Å². The minimum absolute atomic E-state index is 0.166. The van der Waals surface area contributed by atoms with E-state index in [0.29, 0.717) is 16.9 Å². The number of amides is 1. The van der Waals surface area contributed by atoms with Crippen LogP contribution >= 0.6 is 0 Å². The zero-order valence-corrected chi connectivity index (χ0v) is 13.8. The number of benzene rings is 1. The van der Waals surface area contributed by atoms with Crippen molar-refractivity contribution in [1.82, 2.24) is 9.55 Å². The Bertz CT molecular complexity index is 899. The van der Waals surface area contributed by atoms with Crippen molar-refractivity contribution in [3.8, 4) is 0 Å². The van der Waals surface area contributed by atoms with Crippen LogP contribution in [0.25, 0.3) is 0 Å². The van der Waals surface area contributed by atoms with Gasteiger partial charge in [0.05, 0.1) is 11.2 Å². The van der Waals surface area contributed by atoms with Crippen molar-refractivity contribution in [2.75, 3.05) is 11.6 Å². The van der Waals surface area contributed by atoms with Gasteiger partial charge in [0.15, 0.2) is 9.84 Å². The number of hydrogen-bond donors (Lipinski definition) is 1.